The Kier molecular flexibility index (Phi) is 3.63. The molecule has 1 aliphatic rings. The Labute approximate surface area is 124 Å². The molecule has 0 bridgehead atoms. The summed E-state index contributed by atoms with van der Waals surface area (Å²) in [6.07, 6.45) is 1.28. The summed E-state index contributed by atoms with van der Waals surface area (Å²) in [5.74, 6) is -1.92. The zero-order valence-electron chi connectivity index (χ0n) is 11.2. The summed E-state index contributed by atoms with van der Waals surface area (Å²) in [6, 6.07) is 6.31. The predicted octanol–water partition coefficient (Wildman–Crippen LogP) is 2.98. The molecule has 110 valence electrons. The third-order valence-corrected chi connectivity index (χ3v) is 4.87. The van der Waals surface area contributed by atoms with Crippen LogP contribution < -0.4 is 0 Å². The van der Waals surface area contributed by atoms with Crippen molar-refractivity contribution in [1.82, 2.24) is 4.90 Å². The summed E-state index contributed by atoms with van der Waals surface area (Å²) >= 11 is 1.24. The minimum absolute atomic E-state index is 0.207. The van der Waals surface area contributed by atoms with Gasteiger partial charge in [0.15, 0.2) is 0 Å². The largest absolute Gasteiger partial charge is 0.481 e. The van der Waals surface area contributed by atoms with Crippen molar-refractivity contribution in [3.8, 4) is 0 Å². The highest BCUT2D eigenvalue weighted by molar-refractivity contribution is 7.20. The van der Waals surface area contributed by atoms with Crippen LogP contribution in [0.5, 0.6) is 0 Å². The Balaban J connectivity index is 1.86. The van der Waals surface area contributed by atoms with E-state index in [-0.39, 0.29) is 18.3 Å². The number of halogens is 1. The van der Waals surface area contributed by atoms with Gasteiger partial charge < -0.3 is 10.0 Å². The predicted molar refractivity (Wildman–Crippen MR) is 78.0 cm³/mol. The first-order valence-corrected chi connectivity index (χ1v) is 7.58. The molecule has 4 nitrogen and oxygen atoms in total. The van der Waals surface area contributed by atoms with Gasteiger partial charge >= 0.3 is 5.97 Å². The molecule has 0 radical (unpaired) electrons. The van der Waals surface area contributed by atoms with E-state index in [2.05, 4.69) is 0 Å². The number of nitrogens with zero attached hydrogens (tertiary/aromatic N) is 1. The lowest BCUT2D eigenvalue weighted by molar-refractivity contribution is -0.143. The minimum atomic E-state index is -0.866. The van der Waals surface area contributed by atoms with Crippen LogP contribution in [0.25, 0.3) is 10.1 Å². The standard InChI is InChI=1S/C15H14FNO3S/c16-11-4-1-5-12-10(11)7-13(21-12)14(18)17-6-2-3-9(8-17)15(19)20/h1,4-5,7,9H,2-3,6,8H2,(H,19,20)/t9-/m0/s1. The van der Waals surface area contributed by atoms with Crippen molar-refractivity contribution in [2.45, 2.75) is 12.8 Å². The molecule has 0 spiro atoms. The van der Waals surface area contributed by atoms with Crippen molar-refractivity contribution >= 4 is 33.3 Å². The van der Waals surface area contributed by atoms with Gasteiger partial charge in [-0.05, 0) is 31.0 Å². The molecule has 1 aromatic heterocycles. The van der Waals surface area contributed by atoms with E-state index < -0.39 is 11.9 Å². The first-order chi connectivity index (χ1) is 10.1. The molecule has 1 fully saturated rings. The summed E-state index contributed by atoms with van der Waals surface area (Å²) in [5.41, 5.74) is 0. The number of piperidine rings is 1. The van der Waals surface area contributed by atoms with E-state index in [4.69, 9.17) is 5.11 Å². The molecule has 1 amide bonds. The molecular weight excluding hydrogens is 293 g/mol. The smallest absolute Gasteiger partial charge is 0.308 e. The van der Waals surface area contributed by atoms with Crippen molar-refractivity contribution in [3.63, 3.8) is 0 Å². The number of fused-ring (bicyclic) bond motifs is 1. The number of carboxylic acids is 1. The fourth-order valence-electron chi connectivity index (χ4n) is 2.65. The highest BCUT2D eigenvalue weighted by atomic mass is 32.1. The molecule has 0 unspecified atom stereocenters. The number of amides is 1. The minimum Gasteiger partial charge on any atom is -0.481 e. The summed E-state index contributed by atoms with van der Waals surface area (Å²) in [6.45, 7) is 0.782. The third kappa shape index (κ3) is 2.63. The molecule has 21 heavy (non-hydrogen) atoms. The van der Waals surface area contributed by atoms with E-state index in [9.17, 15) is 14.0 Å². The number of carbonyl (C=O) groups excluding carboxylic acids is 1. The van der Waals surface area contributed by atoms with Crippen LogP contribution in [0.4, 0.5) is 4.39 Å². The van der Waals surface area contributed by atoms with Gasteiger partial charge in [-0.25, -0.2) is 4.39 Å². The number of rotatable bonds is 2. The van der Waals surface area contributed by atoms with Gasteiger partial charge in [0.2, 0.25) is 0 Å². The Bertz CT molecular complexity index is 712. The molecule has 0 saturated carbocycles. The topological polar surface area (TPSA) is 57.6 Å². The second kappa shape index (κ2) is 5.44. The number of carbonyl (C=O) groups is 2. The molecule has 6 heteroatoms. The van der Waals surface area contributed by atoms with Gasteiger partial charge in [-0.1, -0.05) is 6.07 Å². The molecule has 0 aliphatic carbocycles. The van der Waals surface area contributed by atoms with E-state index >= 15 is 0 Å². The van der Waals surface area contributed by atoms with Crippen molar-refractivity contribution in [2.24, 2.45) is 5.92 Å². The molecule has 1 atom stereocenters. The zero-order valence-corrected chi connectivity index (χ0v) is 12.0. The van der Waals surface area contributed by atoms with Crippen LogP contribution in [0.3, 0.4) is 0 Å². The maximum atomic E-state index is 13.7. The molecule has 1 N–H and O–H groups in total. The highest BCUT2D eigenvalue weighted by Crippen LogP contribution is 2.29. The molecule has 2 heterocycles. The maximum Gasteiger partial charge on any atom is 0.308 e. The molecule has 1 saturated heterocycles. The Morgan fingerprint density at radius 1 is 1.38 bits per heavy atom. The Morgan fingerprint density at radius 2 is 2.19 bits per heavy atom. The number of aliphatic carboxylic acids is 1. The second-order valence-corrected chi connectivity index (χ2v) is 6.27. The van der Waals surface area contributed by atoms with E-state index in [1.807, 2.05) is 0 Å². The van der Waals surface area contributed by atoms with Crippen LogP contribution in [0.15, 0.2) is 24.3 Å². The van der Waals surface area contributed by atoms with Crippen molar-refractivity contribution in [1.29, 1.82) is 0 Å². The average molecular weight is 307 g/mol. The number of hydrogen-bond donors (Lipinski definition) is 1. The van der Waals surface area contributed by atoms with Crippen LogP contribution in [0.2, 0.25) is 0 Å². The first-order valence-electron chi connectivity index (χ1n) is 6.76. The monoisotopic (exact) mass is 307 g/mol. The number of likely N-dealkylation sites (tertiary alicyclic amines) is 1. The molecule has 1 aliphatic heterocycles. The SMILES string of the molecule is O=C(O)[C@H]1CCCN(C(=O)c2cc3c(F)cccc3s2)C1. The van der Waals surface area contributed by atoms with E-state index in [0.717, 1.165) is 4.70 Å². The van der Waals surface area contributed by atoms with Crippen LogP contribution >= 0.6 is 11.3 Å². The van der Waals surface area contributed by atoms with Gasteiger partial charge in [-0.15, -0.1) is 11.3 Å². The number of benzene rings is 1. The lowest BCUT2D eigenvalue weighted by atomic mass is 9.98. The van der Waals surface area contributed by atoms with Crippen LogP contribution in [-0.2, 0) is 4.79 Å². The zero-order chi connectivity index (χ0) is 15.0. The second-order valence-electron chi connectivity index (χ2n) is 5.19. The van der Waals surface area contributed by atoms with Gasteiger partial charge in [0.1, 0.15) is 5.82 Å². The number of thiophene rings is 1. The summed E-state index contributed by atoms with van der Waals surface area (Å²) in [4.78, 5) is 25.5. The van der Waals surface area contributed by atoms with Gasteiger partial charge in [0, 0.05) is 23.2 Å². The van der Waals surface area contributed by atoms with Gasteiger partial charge in [0.25, 0.3) is 5.91 Å². The van der Waals surface area contributed by atoms with Crippen LogP contribution in [-0.4, -0.2) is 35.0 Å². The Hall–Kier alpha value is -1.95. The lowest BCUT2D eigenvalue weighted by Crippen LogP contribution is -2.42. The average Bonchev–Trinajstić information content (AvgIpc) is 2.92. The van der Waals surface area contributed by atoms with E-state index in [1.165, 1.54) is 17.4 Å². The fraction of sp³-hybridized carbons (Fsp3) is 0.333. The number of hydrogen-bond acceptors (Lipinski definition) is 3. The van der Waals surface area contributed by atoms with Gasteiger partial charge in [-0.2, -0.15) is 0 Å². The summed E-state index contributed by atoms with van der Waals surface area (Å²) in [5, 5.41) is 9.52. The van der Waals surface area contributed by atoms with Crippen LogP contribution in [0, 0.1) is 11.7 Å². The first kappa shape index (κ1) is 14.0. The van der Waals surface area contributed by atoms with E-state index in [1.54, 1.807) is 23.1 Å². The molecule has 1 aromatic carbocycles. The summed E-state index contributed by atoms with van der Waals surface area (Å²) in [7, 11) is 0. The van der Waals surface area contributed by atoms with Crippen molar-refractivity contribution in [2.75, 3.05) is 13.1 Å². The Morgan fingerprint density at radius 3 is 2.90 bits per heavy atom. The quantitative estimate of drug-likeness (QED) is 0.928. The fourth-order valence-corrected chi connectivity index (χ4v) is 3.69. The molecular formula is C15H14FNO3S. The van der Waals surface area contributed by atoms with Crippen molar-refractivity contribution < 1.29 is 19.1 Å². The molecule has 3 rings (SSSR count). The van der Waals surface area contributed by atoms with Gasteiger partial charge in [-0.3, -0.25) is 9.59 Å². The third-order valence-electron chi connectivity index (χ3n) is 3.78. The normalized spacial score (nSPS) is 18.9. The van der Waals surface area contributed by atoms with Crippen LogP contribution in [0.1, 0.15) is 22.5 Å². The maximum absolute atomic E-state index is 13.7. The summed E-state index contributed by atoms with van der Waals surface area (Å²) < 4.78 is 14.4. The highest BCUT2D eigenvalue weighted by Gasteiger charge is 2.29. The lowest BCUT2D eigenvalue weighted by Gasteiger charge is -2.30. The van der Waals surface area contributed by atoms with E-state index in [0.29, 0.717) is 29.6 Å². The van der Waals surface area contributed by atoms with Gasteiger partial charge in [0.05, 0.1) is 10.8 Å². The number of carboxylic acid groups (broad SMARTS) is 1. The van der Waals surface area contributed by atoms with Crippen molar-refractivity contribution in [3.05, 3.63) is 35.0 Å². The molecule has 2 aromatic rings.